The van der Waals surface area contributed by atoms with E-state index >= 15 is 0 Å². The van der Waals surface area contributed by atoms with Crippen molar-refractivity contribution in [2.45, 2.75) is 6.54 Å². The van der Waals surface area contributed by atoms with Crippen LogP contribution in [0, 0.1) is 10.1 Å². The molecule has 0 spiro atoms. The highest BCUT2D eigenvalue weighted by atomic mass is 35.5. The fraction of sp³-hybridized carbons (Fsp3) is 0.235. The quantitative estimate of drug-likeness (QED) is 0.563. The molecule has 7 nitrogen and oxygen atoms in total. The number of nitro groups is 1. The Kier molecular flexibility index (Phi) is 6.79. The Morgan fingerprint density at radius 2 is 1.88 bits per heavy atom. The Morgan fingerprint density at radius 3 is 2.54 bits per heavy atom. The van der Waals surface area contributed by atoms with Crippen molar-refractivity contribution in [3.05, 3.63) is 62.1 Å². The highest BCUT2D eigenvalue weighted by Gasteiger charge is 2.17. The molecule has 0 saturated heterocycles. The van der Waals surface area contributed by atoms with Gasteiger partial charge in [0.2, 0.25) is 5.91 Å². The number of nitrogens with one attached hydrogen (secondary N) is 1. The van der Waals surface area contributed by atoms with E-state index in [2.05, 4.69) is 5.32 Å². The van der Waals surface area contributed by atoms with Gasteiger partial charge >= 0.3 is 0 Å². The fourth-order valence-electron chi connectivity index (χ4n) is 2.42. The van der Waals surface area contributed by atoms with E-state index in [1.807, 2.05) is 0 Å². The number of carbonyl (C=O) groups is 1. The van der Waals surface area contributed by atoms with Crippen LogP contribution in [0.1, 0.15) is 5.56 Å². The summed E-state index contributed by atoms with van der Waals surface area (Å²) in [5.74, 6) is 0.256. The predicted molar refractivity (Wildman–Crippen MR) is 101 cm³/mol. The molecule has 0 aliphatic rings. The van der Waals surface area contributed by atoms with Crippen LogP contribution in [-0.2, 0) is 11.3 Å². The molecular formula is C17H17Cl2N3O4. The lowest BCUT2D eigenvalue weighted by Crippen LogP contribution is -2.30. The number of nitrogens with zero attached hydrogens (tertiary/aromatic N) is 2. The molecule has 0 unspecified atom stereocenters. The second-order valence-electron chi connectivity index (χ2n) is 5.60. The first-order valence-electron chi connectivity index (χ1n) is 7.55. The van der Waals surface area contributed by atoms with Crippen LogP contribution in [0.3, 0.4) is 0 Å². The Hall–Kier alpha value is -2.35. The van der Waals surface area contributed by atoms with Crippen molar-refractivity contribution in [1.29, 1.82) is 0 Å². The fourth-order valence-corrected chi connectivity index (χ4v) is 2.79. The first-order valence-corrected chi connectivity index (χ1v) is 8.30. The van der Waals surface area contributed by atoms with Crippen LogP contribution >= 0.6 is 23.2 Å². The molecule has 1 N–H and O–H groups in total. The Balaban J connectivity index is 2.05. The van der Waals surface area contributed by atoms with Gasteiger partial charge in [-0.2, -0.15) is 0 Å². The van der Waals surface area contributed by atoms with E-state index in [0.29, 0.717) is 22.3 Å². The third-order valence-corrected chi connectivity index (χ3v) is 4.00. The number of hydrogen-bond acceptors (Lipinski definition) is 5. The van der Waals surface area contributed by atoms with Crippen molar-refractivity contribution in [2.75, 3.05) is 26.0 Å². The number of carbonyl (C=O) groups excluding carboxylic acids is 1. The Bertz CT molecular complexity index is 830. The van der Waals surface area contributed by atoms with Gasteiger partial charge in [-0.15, -0.1) is 0 Å². The second-order valence-corrected chi connectivity index (χ2v) is 6.47. The van der Waals surface area contributed by atoms with E-state index in [0.717, 1.165) is 5.56 Å². The van der Waals surface area contributed by atoms with Gasteiger partial charge in [-0.25, -0.2) is 0 Å². The largest absolute Gasteiger partial charge is 0.496 e. The predicted octanol–water partition coefficient (Wildman–Crippen LogP) is 3.98. The van der Waals surface area contributed by atoms with Crippen molar-refractivity contribution in [2.24, 2.45) is 0 Å². The highest BCUT2D eigenvalue weighted by molar-refractivity contribution is 6.31. The van der Waals surface area contributed by atoms with E-state index in [-0.39, 0.29) is 17.9 Å². The van der Waals surface area contributed by atoms with Gasteiger partial charge in [0.1, 0.15) is 11.4 Å². The molecule has 1 amide bonds. The van der Waals surface area contributed by atoms with E-state index in [4.69, 9.17) is 27.9 Å². The van der Waals surface area contributed by atoms with Crippen molar-refractivity contribution in [3.8, 4) is 5.75 Å². The van der Waals surface area contributed by atoms with Crippen molar-refractivity contribution in [3.63, 3.8) is 0 Å². The van der Waals surface area contributed by atoms with Gasteiger partial charge in [0.15, 0.2) is 0 Å². The Labute approximate surface area is 160 Å². The topological polar surface area (TPSA) is 84.7 Å². The maximum atomic E-state index is 12.2. The number of rotatable bonds is 7. The number of benzene rings is 2. The first-order chi connectivity index (χ1) is 12.3. The summed E-state index contributed by atoms with van der Waals surface area (Å²) < 4.78 is 5.28. The summed E-state index contributed by atoms with van der Waals surface area (Å²) in [4.78, 5) is 24.5. The van der Waals surface area contributed by atoms with Crippen LogP contribution in [0.2, 0.25) is 10.0 Å². The lowest BCUT2D eigenvalue weighted by molar-refractivity contribution is -0.383. The number of halogens is 2. The van der Waals surface area contributed by atoms with Gasteiger partial charge in [0.05, 0.1) is 18.6 Å². The Morgan fingerprint density at radius 1 is 1.23 bits per heavy atom. The molecular weight excluding hydrogens is 381 g/mol. The van der Waals surface area contributed by atoms with E-state index < -0.39 is 10.8 Å². The summed E-state index contributed by atoms with van der Waals surface area (Å²) in [6, 6.07) is 9.22. The van der Waals surface area contributed by atoms with Crippen molar-refractivity contribution in [1.82, 2.24) is 4.90 Å². The molecule has 26 heavy (non-hydrogen) atoms. The average molecular weight is 398 g/mol. The number of anilines is 1. The maximum Gasteiger partial charge on any atom is 0.292 e. The molecule has 0 aliphatic heterocycles. The summed E-state index contributed by atoms with van der Waals surface area (Å²) in [6.07, 6.45) is 0. The molecule has 2 aromatic rings. The maximum absolute atomic E-state index is 12.2. The summed E-state index contributed by atoms with van der Waals surface area (Å²) in [6.45, 7) is 0.425. The van der Waals surface area contributed by atoms with Crippen LogP contribution in [0.15, 0.2) is 36.4 Å². The van der Waals surface area contributed by atoms with Crippen LogP contribution in [-0.4, -0.2) is 36.4 Å². The molecule has 138 valence electrons. The molecule has 0 fully saturated rings. The molecule has 2 aromatic carbocycles. The zero-order valence-electron chi connectivity index (χ0n) is 14.2. The van der Waals surface area contributed by atoms with Crippen LogP contribution in [0.25, 0.3) is 0 Å². The van der Waals surface area contributed by atoms with Crippen molar-refractivity contribution >= 4 is 40.5 Å². The highest BCUT2D eigenvalue weighted by Crippen LogP contribution is 2.28. The zero-order chi connectivity index (χ0) is 19.3. The molecule has 0 aromatic heterocycles. The SMILES string of the molecule is COc1ccc(Cl)cc1CN(C)CC(=O)Nc1cc(Cl)ccc1[N+](=O)[O-]. The number of amides is 1. The van der Waals surface area contributed by atoms with Gasteiger partial charge in [-0.1, -0.05) is 23.2 Å². The molecule has 0 bridgehead atoms. The summed E-state index contributed by atoms with van der Waals surface area (Å²) in [7, 11) is 3.30. The van der Waals surface area contributed by atoms with Crippen LogP contribution in [0.4, 0.5) is 11.4 Å². The second kappa shape index (κ2) is 8.84. The zero-order valence-corrected chi connectivity index (χ0v) is 15.7. The average Bonchev–Trinajstić information content (AvgIpc) is 2.54. The molecule has 0 radical (unpaired) electrons. The number of methoxy groups -OCH3 is 1. The standard InChI is InChI=1S/C17H17Cl2N3O4/c1-21(9-11-7-12(18)4-6-16(11)26-2)10-17(23)20-14-8-13(19)3-5-15(14)22(24)25/h3-8H,9-10H2,1-2H3,(H,20,23). The van der Waals surface area contributed by atoms with Gasteiger partial charge in [0.25, 0.3) is 5.69 Å². The minimum atomic E-state index is -0.577. The van der Waals surface area contributed by atoms with E-state index in [9.17, 15) is 14.9 Å². The van der Waals surface area contributed by atoms with Gasteiger partial charge in [-0.05, 0) is 37.4 Å². The lowest BCUT2D eigenvalue weighted by Gasteiger charge is -2.18. The molecule has 2 rings (SSSR count). The minimum absolute atomic E-state index is 0.0132. The van der Waals surface area contributed by atoms with E-state index in [1.165, 1.54) is 18.2 Å². The van der Waals surface area contributed by atoms with Gasteiger partial charge in [-0.3, -0.25) is 19.8 Å². The normalized spacial score (nSPS) is 10.7. The molecule has 0 aliphatic carbocycles. The first kappa shape index (κ1) is 20.0. The number of likely N-dealkylation sites (N-methyl/N-ethyl adjacent to an activating group) is 1. The monoisotopic (exact) mass is 397 g/mol. The third-order valence-electron chi connectivity index (χ3n) is 3.53. The van der Waals surface area contributed by atoms with Crippen LogP contribution < -0.4 is 10.1 Å². The smallest absolute Gasteiger partial charge is 0.292 e. The van der Waals surface area contributed by atoms with E-state index in [1.54, 1.807) is 37.3 Å². The summed E-state index contributed by atoms with van der Waals surface area (Å²) in [5, 5.41) is 14.4. The van der Waals surface area contributed by atoms with Crippen molar-refractivity contribution < 1.29 is 14.5 Å². The lowest BCUT2D eigenvalue weighted by atomic mass is 10.2. The minimum Gasteiger partial charge on any atom is -0.496 e. The summed E-state index contributed by atoms with van der Waals surface area (Å²) >= 11 is 11.9. The van der Waals surface area contributed by atoms with Gasteiger partial charge in [0, 0.05) is 28.2 Å². The number of hydrogen-bond donors (Lipinski definition) is 1. The molecule has 0 saturated carbocycles. The summed E-state index contributed by atoms with van der Waals surface area (Å²) in [5.41, 5.74) is 0.659. The molecule has 0 atom stereocenters. The number of nitro benzene ring substituents is 1. The van der Waals surface area contributed by atoms with Gasteiger partial charge < -0.3 is 10.1 Å². The molecule has 0 heterocycles. The number of ether oxygens (including phenoxy) is 1. The third kappa shape index (κ3) is 5.32. The van der Waals surface area contributed by atoms with Crippen LogP contribution in [0.5, 0.6) is 5.75 Å². The molecule has 9 heteroatoms.